The molecule has 0 fully saturated rings. The first-order chi connectivity index (χ1) is 14.1. The summed E-state index contributed by atoms with van der Waals surface area (Å²) < 4.78 is 0. The molecule has 1 N–H and O–H groups in total. The van der Waals surface area contributed by atoms with Crippen LogP contribution in [0.1, 0.15) is 23.1 Å². The number of nitrogens with zero attached hydrogens (tertiary/aromatic N) is 1. The average Bonchev–Trinajstić information content (AvgIpc) is 2.95. The molecule has 1 heterocycles. The highest BCUT2D eigenvalue weighted by Gasteiger charge is 2.50. The van der Waals surface area contributed by atoms with Gasteiger partial charge in [-0.05, 0) is 23.6 Å². The monoisotopic (exact) mass is 385 g/mol. The lowest BCUT2D eigenvalue weighted by atomic mass is 9.88. The molecular formula is C25H23NO3. The third-order valence-corrected chi connectivity index (χ3v) is 5.40. The highest BCUT2D eigenvalue weighted by Crippen LogP contribution is 2.42. The molecule has 1 aliphatic heterocycles. The van der Waals surface area contributed by atoms with E-state index in [-0.39, 0.29) is 18.6 Å². The Hall–Kier alpha value is -3.24. The van der Waals surface area contributed by atoms with Gasteiger partial charge in [-0.1, -0.05) is 78.9 Å². The van der Waals surface area contributed by atoms with Crippen LogP contribution in [0.4, 0.5) is 5.69 Å². The second-order valence-electron chi connectivity index (χ2n) is 7.45. The van der Waals surface area contributed by atoms with E-state index in [1.54, 1.807) is 17.0 Å². The molecule has 0 aliphatic carbocycles. The number of amides is 1. The summed E-state index contributed by atoms with van der Waals surface area (Å²) in [6.45, 7) is 0.453. The summed E-state index contributed by atoms with van der Waals surface area (Å²) in [5, 5.41) is 11.3. The minimum atomic E-state index is -1.81. The number of rotatable bonds is 7. The molecule has 3 aromatic rings. The second kappa shape index (κ2) is 8.02. The fourth-order valence-electron chi connectivity index (χ4n) is 3.96. The van der Waals surface area contributed by atoms with E-state index in [1.165, 1.54) is 0 Å². The summed E-state index contributed by atoms with van der Waals surface area (Å²) in [6.07, 6.45) is 0.650. The normalized spacial score (nSPS) is 18.0. The largest absolute Gasteiger partial charge is 0.375 e. The predicted molar refractivity (Wildman–Crippen MR) is 113 cm³/mol. The number of hydrogen-bond acceptors (Lipinski definition) is 3. The summed E-state index contributed by atoms with van der Waals surface area (Å²) in [7, 11) is 0. The fourth-order valence-corrected chi connectivity index (χ4v) is 3.96. The van der Waals surface area contributed by atoms with Crippen LogP contribution in [-0.4, -0.2) is 23.3 Å². The van der Waals surface area contributed by atoms with Gasteiger partial charge in [0.25, 0.3) is 5.91 Å². The van der Waals surface area contributed by atoms with Gasteiger partial charge in [0.1, 0.15) is 5.78 Å². The Bertz CT molecular complexity index is 1020. The highest BCUT2D eigenvalue weighted by molar-refractivity contribution is 6.09. The molecule has 3 aromatic carbocycles. The summed E-state index contributed by atoms with van der Waals surface area (Å²) in [6, 6.07) is 26.5. The van der Waals surface area contributed by atoms with Gasteiger partial charge < -0.3 is 10.0 Å². The third kappa shape index (κ3) is 3.84. The number of carbonyl (C=O) groups is 2. The lowest BCUT2D eigenvalue weighted by Gasteiger charge is -2.23. The fraction of sp³-hybridized carbons (Fsp3) is 0.200. The van der Waals surface area contributed by atoms with E-state index in [1.807, 2.05) is 72.8 Å². The summed E-state index contributed by atoms with van der Waals surface area (Å²) >= 11 is 0. The molecule has 0 spiro atoms. The quantitative estimate of drug-likeness (QED) is 0.675. The van der Waals surface area contributed by atoms with Crippen LogP contribution in [0.5, 0.6) is 0 Å². The van der Waals surface area contributed by atoms with Gasteiger partial charge in [0.15, 0.2) is 5.60 Å². The van der Waals surface area contributed by atoms with Crippen LogP contribution >= 0.6 is 0 Å². The Labute approximate surface area is 170 Å². The number of aliphatic hydroxyl groups is 1. The molecule has 0 unspecified atom stereocenters. The lowest BCUT2D eigenvalue weighted by molar-refractivity contribution is -0.141. The topological polar surface area (TPSA) is 57.6 Å². The Morgan fingerprint density at radius 1 is 0.828 bits per heavy atom. The van der Waals surface area contributed by atoms with Crippen molar-refractivity contribution in [2.75, 3.05) is 11.4 Å². The number of carbonyl (C=O) groups excluding carboxylic acids is 2. The van der Waals surface area contributed by atoms with Crippen LogP contribution < -0.4 is 4.90 Å². The van der Waals surface area contributed by atoms with Gasteiger partial charge in [-0.15, -0.1) is 0 Å². The minimum absolute atomic E-state index is 0.160. The number of fused-ring (bicyclic) bond motifs is 1. The minimum Gasteiger partial charge on any atom is -0.375 e. The van der Waals surface area contributed by atoms with E-state index in [2.05, 4.69) is 0 Å². The van der Waals surface area contributed by atoms with Crippen molar-refractivity contribution >= 4 is 17.4 Å². The van der Waals surface area contributed by atoms with Crippen LogP contribution in [0.2, 0.25) is 0 Å². The number of benzene rings is 3. The van der Waals surface area contributed by atoms with E-state index in [9.17, 15) is 14.7 Å². The van der Waals surface area contributed by atoms with Gasteiger partial charge in [0, 0.05) is 24.9 Å². The SMILES string of the molecule is O=C(Cc1ccccc1)C[C@@]1(O)C(=O)N(CCc2ccccc2)c2ccccc21. The number of anilines is 1. The molecule has 0 radical (unpaired) electrons. The molecule has 29 heavy (non-hydrogen) atoms. The molecule has 0 saturated heterocycles. The number of para-hydroxylation sites is 1. The summed E-state index contributed by atoms with van der Waals surface area (Å²) in [5.41, 5.74) is 1.39. The van der Waals surface area contributed by atoms with Crippen molar-refractivity contribution < 1.29 is 14.7 Å². The lowest BCUT2D eigenvalue weighted by Crippen LogP contribution is -2.42. The van der Waals surface area contributed by atoms with Crippen LogP contribution in [0, 0.1) is 0 Å². The molecule has 4 nitrogen and oxygen atoms in total. The van der Waals surface area contributed by atoms with Crippen molar-refractivity contribution in [1.29, 1.82) is 0 Å². The van der Waals surface area contributed by atoms with Gasteiger partial charge in [0.2, 0.25) is 0 Å². The van der Waals surface area contributed by atoms with Gasteiger partial charge in [-0.25, -0.2) is 0 Å². The molecule has 1 amide bonds. The van der Waals surface area contributed by atoms with Crippen LogP contribution in [0.25, 0.3) is 0 Å². The van der Waals surface area contributed by atoms with E-state index in [4.69, 9.17) is 0 Å². The van der Waals surface area contributed by atoms with Crippen molar-refractivity contribution in [3.8, 4) is 0 Å². The smallest absolute Gasteiger partial charge is 0.264 e. The molecule has 1 atom stereocenters. The molecule has 1 aliphatic rings. The standard InChI is InChI=1S/C25H23NO3/c27-21(17-20-11-5-2-6-12-20)18-25(29)22-13-7-8-14-23(22)26(24(25)28)16-15-19-9-3-1-4-10-19/h1-14,29H,15-18H2/t25-/m0/s1. The molecule has 0 bridgehead atoms. The molecule has 4 heteroatoms. The molecular weight excluding hydrogens is 362 g/mol. The second-order valence-corrected chi connectivity index (χ2v) is 7.45. The first kappa shape index (κ1) is 19.1. The Morgan fingerprint density at radius 3 is 2.10 bits per heavy atom. The molecule has 0 saturated carbocycles. The summed E-state index contributed by atoms with van der Waals surface area (Å²) in [4.78, 5) is 27.5. The van der Waals surface area contributed by atoms with Crippen molar-refractivity contribution in [2.45, 2.75) is 24.9 Å². The third-order valence-electron chi connectivity index (χ3n) is 5.40. The van der Waals surface area contributed by atoms with Crippen molar-refractivity contribution in [1.82, 2.24) is 0 Å². The molecule has 4 rings (SSSR count). The number of Topliss-reactive ketones (excluding diaryl/α,β-unsaturated/α-hetero) is 1. The average molecular weight is 385 g/mol. The van der Waals surface area contributed by atoms with Gasteiger partial charge in [-0.2, -0.15) is 0 Å². The Kier molecular flexibility index (Phi) is 5.28. The van der Waals surface area contributed by atoms with Gasteiger partial charge in [-0.3, -0.25) is 9.59 Å². The zero-order chi connectivity index (χ0) is 20.3. The predicted octanol–water partition coefficient (Wildman–Crippen LogP) is 3.67. The Morgan fingerprint density at radius 2 is 1.41 bits per heavy atom. The van der Waals surface area contributed by atoms with Crippen LogP contribution in [0.15, 0.2) is 84.9 Å². The van der Waals surface area contributed by atoms with Crippen LogP contribution in [-0.2, 0) is 28.0 Å². The van der Waals surface area contributed by atoms with Crippen molar-refractivity contribution in [2.24, 2.45) is 0 Å². The van der Waals surface area contributed by atoms with Crippen LogP contribution in [0.3, 0.4) is 0 Å². The van der Waals surface area contributed by atoms with E-state index in [0.717, 1.165) is 11.1 Å². The number of hydrogen-bond donors (Lipinski definition) is 1. The van der Waals surface area contributed by atoms with E-state index in [0.29, 0.717) is 24.2 Å². The molecule has 0 aromatic heterocycles. The summed E-state index contributed by atoms with van der Waals surface area (Å²) in [5.74, 6) is -0.581. The maximum absolute atomic E-state index is 13.2. The first-order valence-corrected chi connectivity index (χ1v) is 9.81. The van der Waals surface area contributed by atoms with Crippen molar-refractivity contribution in [3.63, 3.8) is 0 Å². The van der Waals surface area contributed by atoms with Gasteiger partial charge in [0.05, 0.1) is 5.69 Å². The maximum Gasteiger partial charge on any atom is 0.264 e. The van der Waals surface area contributed by atoms with E-state index < -0.39 is 11.5 Å². The molecule has 146 valence electrons. The van der Waals surface area contributed by atoms with Crippen molar-refractivity contribution in [3.05, 3.63) is 102 Å². The number of ketones is 1. The van der Waals surface area contributed by atoms with Gasteiger partial charge >= 0.3 is 0 Å². The highest BCUT2D eigenvalue weighted by atomic mass is 16.3. The first-order valence-electron chi connectivity index (χ1n) is 9.81. The van der Waals surface area contributed by atoms with E-state index >= 15 is 0 Å². The maximum atomic E-state index is 13.2. The zero-order valence-electron chi connectivity index (χ0n) is 16.1. The zero-order valence-corrected chi connectivity index (χ0v) is 16.1. The Balaban J connectivity index is 1.55.